The van der Waals surface area contributed by atoms with Gasteiger partial charge in [-0.2, -0.15) is 0 Å². The Morgan fingerprint density at radius 1 is 1.11 bits per heavy atom. The van der Waals surface area contributed by atoms with Crippen LogP contribution in [0.1, 0.15) is 98.6 Å². The molecule has 1 saturated heterocycles. The number of benzene rings is 1. The number of hydrogen-bond acceptors (Lipinski definition) is 7. The van der Waals surface area contributed by atoms with Crippen LogP contribution in [0.25, 0.3) is 11.0 Å². The fourth-order valence-electron chi connectivity index (χ4n) is 7.51. The molecule has 2 aliphatic heterocycles. The Bertz CT molecular complexity index is 1410. The zero-order valence-corrected chi connectivity index (χ0v) is 27.0. The van der Waals surface area contributed by atoms with Crippen LogP contribution >= 0.6 is 0 Å². The molecule has 10 heteroatoms. The molecule has 44 heavy (non-hydrogen) atoms. The average molecular weight is 611 g/mol. The van der Waals surface area contributed by atoms with Crippen molar-refractivity contribution in [2.24, 2.45) is 17.3 Å². The number of aromatic nitrogens is 2. The third-order valence-electron chi connectivity index (χ3n) is 9.95. The van der Waals surface area contributed by atoms with Crippen LogP contribution in [-0.4, -0.2) is 63.0 Å². The lowest BCUT2D eigenvalue weighted by molar-refractivity contribution is -0.141. The van der Waals surface area contributed by atoms with Gasteiger partial charge in [-0.25, -0.2) is 19.2 Å². The van der Waals surface area contributed by atoms with Crippen LogP contribution in [0.5, 0.6) is 5.88 Å². The molecule has 3 aliphatic rings. The molecule has 5 rings (SSSR count). The van der Waals surface area contributed by atoms with Crippen LogP contribution in [0.2, 0.25) is 0 Å². The van der Waals surface area contributed by atoms with E-state index in [0.717, 1.165) is 44.9 Å². The van der Waals surface area contributed by atoms with E-state index in [1.807, 2.05) is 34.6 Å². The van der Waals surface area contributed by atoms with Gasteiger partial charge in [-0.3, -0.25) is 9.59 Å². The van der Waals surface area contributed by atoms with E-state index in [1.165, 1.54) is 19.1 Å². The first-order valence-electron chi connectivity index (χ1n) is 16.2. The van der Waals surface area contributed by atoms with Crippen molar-refractivity contribution in [3.8, 4) is 5.88 Å². The predicted molar refractivity (Wildman–Crippen MR) is 165 cm³/mol. The van der Waals surface area contributed by atoms with Crippen LogP contribution in [-0.2, 0) is 20.7 Å². The summed E-state index contributed by atoms with van der Waals surface area (Å²) in [4.78, 5) is 51.9. The number of Topliss-reactive ketones (excluding diaryl/α,β-unsaturated/α-hetero) is 1. The summed E-state index contributed by atoms with van der Waals surface area (Å²) in [5.41, 5.74) is 0.419. The van der Waals surface area contributed by atoms with Gasteiger partial charge >= 0.3 is 6.09 Å². The highest BCUT2D eigenvalue weighted by Crippen LogP contribution is 2.42. The molecule has 0 unspecified atom stereocenters. The number of carbonyl (C=O) groups excluding carboxylic acids is 3. The van der Waals surface area contributed by atoms with E-state index in [9.17, 15) is 18.8 Å². The topological polar surface area (TPSA) is 111 Å². The largest absolute Gasteiger partial charge is 0.471 e. The summed E-state index contributed by atoms with van der Waals surface area (Å²) < 4.78 is 26.8. The Kier molecular flexibility index (Phi) is 9.19. The number of hydrogen-bond donors (Lipinski definition) is 1. The van der Waals surface area contributed by atoms with Gasteiger partial charge in [0.25, 0.3) is 0 Å². The van der Waals surface area contributed by atoms with Crippen molar-refractivity contribution in [3.63, 3.8) is 0 Å². The van der Waals surface area contributed by atoms with Crippen LogP contribution in [0.4, 0.5) is 9.18 Å². The summed E-state index contributed by atoms with van der Waals surface area (Å²) in [6, 6.07) is 2.70. The molecule has 1 saturated carbocycles. The molecular formula is C34H47FN4O5. The van der Waals surface area contributed by atoms with E-state index in [4.69, 9.17) is 19.4 Å². The molecule has 1 aliphatic carbocycles. The molecule has 2 aromatic rings. The zero-order valence-electron chi connectivity index (χ0n) is 27.0. The maximum atomic E-state index is 14.3. The number of fused-ring (bicyclic) bond motifs is 5. The van der Waals surface area contributed by atoms with Crippen molar-refractivity contribution >= 4 is 28.8 Å². The van der Waals surface area contributed by atoms with E-state index < -0.39 is 41.1 Å². The van der Waals surface area contributed by atoms with Crippen LogP contribution in [0.15, 0.2) is 18.2 Å². The lowest BCUT2D eigenvalue weighted by Crippen LogP contribution is -2.58. The van der Waals surface area contributed by atoms with Gasteiger partial charge in [-0.05, 0) is 82.3 Å². The second-order valence-corrected chi connectivity index (χ2v) is 14.2. The molecule has 3 heterocycles. The van der Waals surface area contributed by atoms with E-state index in [-0.39, 0.29) is 30.1 Å². The Morgan fingerprint density at radius 2 is 1.86 bits per heavy atom. The van der Waals surface area contributed by atoms with Gasteiger partial charge in [0.15, 0.2) is 5.78 Å². The van der Waals surface area contributed by atoms with Gasteiger partial charge in [-0.1, -0.05) is 40.5 Å². The fraction of sp³-hybridized carbons (Fsp3) is 0.676. The summed E-state index contributed by atoms with van der Waals surface area (Å²) in [5, 5.41) is 2.90. The Hall–Kier alpha value is -3.30. The van der Waals surface area contributed by atoms with E-state index in [0.29, 0.717) is 35.4 Å². The minimum absolute atomic E-state index is 0.146. The lowest BCUT2D eigenvalue weighted by atomic mass is 9.85. The number of nitrogens with one attached hydrogen (secondary N) is 1. The Labute approximate surface area is 259 Å². The van der Waals surface area contributed by atoms with Gasteiger partial charge in [0, 0.05) is 12.0 Å². The maximum Gasteiger partial charge on any atom is 0.408 e. The van der Waals surface area contributed by atoms with E-state index in [1.54, 1.807) is 11.0 Å². The summed E-state index contributed by atoms with van der Waals surface area (Å²) in [7, 11) is 0. The molecule has 1 aromatic carbocycles. The highest BCUT2D eigenvalue weighted by atomic mass is 19.1. The van der Waals surface area contributed by atoms with Crippen LogP contribution in [0, 0.1) is 23.1 Å². The number of amides is 2. The normalized spacial score (nSPS) is 30.4. The second-order valence-electron chi connectivity index (χ2n) is 14.2. The molecule has 1 N–H and O–H groups in total. The smallest absolute Gasteiger partial charge is 0.408 e. The third-order valence-corrected chi connectivity index (χ3v) is 9.95. The third kappa shape index (κ3) is 6.54. The molecule has 240 valence electrons. The van der Waals surface area contributed by atoms with Crippen molar-refractivity contribution < 1.29 is 28.2 Å². The van der Waals surface area contributed by atoms with Crippen molar-refractivity contribution in [1.82, 2.24) is 20.2 Å². The number of rotatable bonds is 2. The molecule has 6 atom stereocenters. The van der Waals surface area contributed by atoms with E-state index in [2.05, 4.69) is 5.32 Å². The van der Waals surface area contributed by atoms with Gasteiger partial charge in [0.1, 0.15) is 29.3 Å². The molecule has 2 bridgehead atoms. The number of ether oxygens (including phenoxy) is 2. The molecule has 2 amide bonds. The predicted octanol–water partition coefficient (Wildman–Crippen LogP) is 6.16. The molecule has 0 spiro atoms. The number of ketones is 1. The second kappa shape index (κ2) is 12.6. The molecule has 0 radical (unpaired) electrons. The number of halogens is 1. The Morgan fingerprint density at radius 3 is 2.57 bits per heavy atom. The SMILES string of the molecule is CC[C@@H]1[C@@H]2CN(C(=O)[C@H](C(C)(C)C)NC(=O)O[C@]3(C)CCC[C@H]3CCCCCc3nc4ccc(F)cc4nc3O2)[C@@H]1C(C)=O. The van der Waals surface area contributed by atoms with Crippen molar-refractivity contribution in [2.45, 2.75) is 123 Å². The highest BCUT2D eigenvalue weighted by molar-refractivity contribution is 5.92. The van der Waals surface area contributed by atoms with E-state index >= 15 is 0 Å². The summed E-state index contributed by atoms with van der Waals surface area (Å²) in [6.45, 7) is 11.3. The minimum Gasteiger partial charge on any atom is -0.471 e. The molecular weight excluding hydrogens is 563 g/mol. The maximum absolute atomic E-state index is 14.3. The standard InChI is InChI=1S/C34H47FN4O5/c1-7-23-27-19-39(28(23)20(2)40)31(41)29(33(3,4)5)38-32(42)44-34(6)17-11-13-21(34)12-9-8-10-14-25-30(43-27)37-26-18-22(35)15-16-24(26)36-25/h15-16,18,21,23,27-29H,7-14,17,19H2,1-6H3,(H,38,42)/t21-,23-,27+,28-,29-,34-/m1/s1. The summed E-state index contributed by atoms with van der Waals surface area (Å²) in [5.74, 6) is -0.655. The van der Waals surface area contributed by atoms with Gasteiger partial charge in [0.05, 0.1) is 23.6 Å². The molecule has 2 fully saturated rings. The number of nitrogens with zero attached hydrogens (tertiary/aromatic N) is 3. The first-order valence-corrected chi connectivity index (χ1v) is 16.2. The number of aryl methyl sites for hydroxylation is 1. The average Bonchev–Trinajstić information content (AvgIpc) is 3.49. The Balaban J connectivity index is 1.55. The first kappa shape index (κ1) is 32.1. The quantitative estimate of drug-likeness (QED) is 0.434. The highest BCUT2D eigenvalue weighted by Gasteiger charge is 2.50. The van der Waals surface area contributed by atoms with Gasteiger partial charge in [0.2, 0.25) is 11.8 Å². The van der Waals surface area contributed by atoms with Crippen molar-refractivity contribution in [1.29, 1.82) is 0 Å². The molecule has 9 nitrogen and oxygen atoms in total. The monoisotopic (exact) mass is 610 g/mol. The summed E-state index contributed by atoms with van der Waals surface area (Å²) in [6.07, 6.45) is 6.56. The fourth-order valence-corrected chi connectivity index (χ4v) is 7.51. The van der Waals surface area contributed by atoms with Crippen LogP contribution in [0.3, 0.4) is 0 Å². The lowest BCUT2D eigenvalue weighted by Gasteiger charge is -2.37. The first-order chi connectivity index (χ1) is 20.8. The minimum atomic E-state index is -0.922. The number of carbonyl (C=O) groups is 3. The van der Waals surface area contributed by atoms with Crippen LogP contribution < -0.4 is 10.1 Å². The van der Waals surface area contributed by atoms with Crippen molar-refractivity contribution in [3.05, 3.63) is 29.7 Å². The summed E-state index contributed by atoms with van der Waals surface area (Å²) >= 11 is 0. The van der Waals surface area contributed by atoms with Gasteiger partial charge < -0.3 is 19.7 Å². The number of alkyl carbamates (subject to hydrolysis) is 1. The van der Waals surface area contributed by atoms with Crippen molar-refractivity contribution in [2.75, 3.05) is 6.54 Å². The zero-order chi connectivity index (χ0) is 31.8. The van der Waals surface area contributed by atoms with Gasteiger partial charge in [-0.15, -0.1) is 0 Å². The molecule has 1 aromatic heterocycles.